The second-order valence-electron chi connectivity index (χ2n) is 4.86. The maximum absolute atomic E-state index is 11.9. The zero-order valence-electron chi connectivity index (χ0n) is 11.0. The highest BCUT2D eigenvalue weighted by Crippen LogP contribution is 2.17. The molecule has 0 saturated heterocycles. The molecule has 2 rings (SSSR count). The van der Waals surface area contributed by atoms with Gasteiger partial charge in [-0.2, -0.15) is 0 Å². The van der Waals surface area contributed by atoms with E-state index in [4.69, 9.17) is 16.3 Å². The van der Waals surface area contributed by atoms with Crippen molar-refractivity contribution in [1.29, 1.82) is 0 Å². The zero-order valence-corrected chi connectivity index (χ0v) is 11.8. The van der Waals surface area contributed by atoms with Crippen LogP contribution in [0, 0.1) is 5.92 Å². The van der Waals surface area contributed by atoms with Crippen molar-refractivity contribution < 1.29 is 9.53 Å². The lowest BCUT2D eigenvalue weighted by Gasteiger charge is -2.07. The van der Waals surface area contributed by atoms with Gasteiger partial charge in [0, 0.05) is 5.39 Å². The number of carbonyl (C=O) groups excluding carboxylic acids is 1. The third kappa shape index (κ3) is 3.67. The molecule has 0 N–H and O–H groups in total. The largest absolute Gasteiger partial charge is 0.462 e. The molecule has 100 valence electrons. The molecule has 4 heteroatoms. The summed E-state index contributed by atoms with van der Waals surface area (Å²) in [6.07, 6.45) is 0.872. The summed E-state index contributed by atoms with van der Waals surface area (Å²) in [7, 11) is 0. The van der Waals surface area contributed by atoms with Gasteiger partial charge in [-0.25, -0.2) is 9.78 Å². The van der Waals surface area contributed by atoms with Crippen LogP contribution in [0.5, 0.6) is 0 Å². The highest BCUT2D eigenvalue weighted by molar-refractivity contribution is 6.29. The minimum Gasteiger partial charge on any atom is -0.462 e. The Balaban J connectivity index is 2.12. The van der Waals surface area contributed by atoms with Crippen LogP contribution >= 0.6 is 11.6 Å². The van der Waals surface area contributed by atoms with Gasteiger partial charge in [0.25, 0.3) is 0 Å². The second kappa shape index (κ2) is 6.02. The molecule has 1 aromatic carbocycles. The molecule has 0 unspecified atom stereocenters. The van der Waals surface area contributed by atoms with Crippen LogP contribution in [0.1, 0.15) is 30.6 Å². The Bertz CT molecular complexity index is 596. The number of hydrogen-bond acceptors (Lipinski definition) is 3. The van der Waals surface area contributed by atoms with Crippen LogP contribution in [0.2, 0.25) is 5.15 Å². The fourth-order valence-electron chi connectivity index (χ4n) is 1.70. The standard InChI is InChI=1S/C15H16ClNO2/c1-10(2)7-8-19-15(18)12-3-5-13-11(9-12)4-6-14(16)17-13/h3-6,9-10H,7-8H2,1-2H3. The number of esters is 1. The number of hydrogen-bond donors (Lipinski definition) is 0. The lowest BCUT2D eigenvalue weighted by molar-refractivity contribution is 0.0488. The molecule has 0 fully saturated rings. The van der Waals surface area contributed by atoms with Crippen LogP contribution in [0.15, 0.2) is 30.3 Å². The Morgan fingerprint density at radius 3 is 2.84 bits per heavy atom. The van der Waals surface area contributed by atoms with Crippen molar-refractivity contribution >= 4 is 28.5 Å². The summed E-state index contributed by atoms with van der Waals surface area (Å²) in [6, 6.07) is 8.81. The number of pyridine rings is 1. The van der Waals surface area contributed by atoms with Gasteiger partial charge < -0.3 is 4.74 Å². The number of benzene rings is 1. The van der Waals surface area contributed by atoms with Crippen LogP contribution < -0.4 is 0 Å². The van der Waals surface area contributed by atoms with Crippen molar-refractivity contribution in [3.8, 4) is 0 Å². The third-order valence-corrected chi connectivity index (χ3v) is 3.03. The average molecular weight is 278 g/mol. The molecule has 0 bridgehead atoms. The third-order valence-electron chi connectivity index (χ3n) is 2.82. The van der Waals surface area contributed by atoms with E-state index in [0.29, 0.717) is 23.2 Å². The second-order valence-corrected chi connectivity index (χ2v) is 5.25. The minimum absolute atomic E-state index is 0.294. The van der Waals surface area contributed by atoms with E-state index in [2.05, 4.69) is 18.8 Å². The Morgan fingerprint density at radius 2 is 2.11 bits per heavy atom. The van der Waals surface area contributed by atoms with E-state index in [1.54, 1.807) is 24.3 Å². The van der Waals surface area contributed by atoms with Gasteiger partial charge in [-0.3, -0.25) is 0 Å². The molecule has 1 heterocycles. The van der Waals surface area contributed by atoms with Gasteiger partial charge in [-0.15, -0.1) is 0 Å². The SMILES string of the molecule is CC(C)CCOC(=O)c1ccc2nc(Cl)ccc2c1. The Morgan fingerprint density at radius 1 is 1.32 bits per heavy atom. The quantitative estimate of drug-likeness (QED) is 0.624. The predicted octanol–water partition coefficient (Wildman–Crippen LogP) is 4.09. The number of halogens is 1. The first-order chi connectivity index (χ1) is 9.06. The van der Waals surface area contributed by atoms with Gasteiger partial charge in [-0.1, -0.05) is 25.4 Å². The normalized spacial score (nSPS) is 10.9. The summed E-state index contributed by atoms with van der Waals surface area (Å²) in [5, 5.41) is 1.32. The molecule has 3 nitrogen and oxygen atoms in total. The number of nitrogens with zero attached hydrogens (tertiary/aromatic N) is 1. The Labute approximate surface area is 117 Å². The van der Waals surface area contributed by atoms with Crippen LogP contribution in [0.25, 0.3) is 10.9 Å². The van der Waals surface area contributed by atoms with Gasteiger partial charge >= 0.3 is 5.97 Å². The number of aromatic nitrogens is 1. The van der Waals surface area contributed by atoms with E-state index in [1.807, 2.05) is 6.07 Å². The van der Waals surface area contributed by atoms with Gasteiger partial charge in [-0.05, 0) is 42.7 Å². The molecule has 19 heavy (non-hydrogen) atoms. The minimum atomic E-state index is -0.294. The molecular weight excluding hydrogens is 262 g/mol. The molecular formula is C15H16ClNO2. The van der Waals surface area contributed by atoms with E-state index in [-0.39, 0.29) is 5.97 Å². The topological polar surface area (TPSA) is 39.2 Å². The first-order valence-electron chi connectivity index (χ1n) is 6.29. The first kappa shape index (κ1) is 13.8. The van der Waals surface area contributed by atoms with Crippen molar-refractivity contribution in [2.75, 3.05) is 6.61 Å². The van der Waals surface area contributed by atoms with Crippen molar-refractivity contribution in [3.63, 3.8) is 0 Å². The Kier molecular flexibility index (Phi) is 4.38. The molecule has 0 atom stereocenters. The van der Waals surface area contributed by atoms with Crippen LogP contribution in [0.3, 0.4) is 0 Å². The van der Waals surface area contributed by atoms with Crippen LogP contribution in [-0.2, 0) is 4.74 Å². The van der Waals surface area contributed by atoms with Crippen LogP contribution in [0.4, 0.5) is 0 Å². The maximum Gasteiger partial charge on any atom is 0.338 e. The fraction of sp³-hybridized carbons (Fsp3) is 0.333. The van der Waals surface area contributed by atoms with Crippen molar-refractivity contribution in [2.24, 2.45) is 5.92 Å². The molecule has 0 aliphatic rings. The lowest BCUT2D eigenvalue weighted by atomic mass is 10.1. The highest BCUT2D eigenvalue weighted by atomic mass is 35.5. The van der Waals surface area contributed by atoms with E-state index < -0.39 is 0 Å². The first-order valence-corrected chi connectivity index (χ1v) is 6.67. The fourth-order valence-corrected chi connectivity index (χ4v) is 1.85. The van der Waals surface area contributed by atoms with E-state index in [9.17, 15) is 4.79 Å². The van der Waals surface area contributed by atoms with Gasteiger partial charge in [0.1, 0.15) is 5.15 Å². The number of carbonyl (C=O) groups is 1. The molecule has 0 radical (unpaired) electrons. The molecule has 0 spiro atoms. The van der Waals surface area contributed by atoms with E-state index >= 15 is 0 Å². The van der Waals surface area contributed by atoms with Crippen molar-refractivity contribution in [1.82, 2.24) is 4.98 Å². The summed E-state index contributed by atoms with van der Waals surface area (Å²) < 4.78 is 5.23. The van der Waals surface area contributed by atoms with Gasteiger partial charge in [0.2, 0.25) is 0 Å². The van der Waals surface area contributed by atoms with Crippen molar-refractivity contribution in [2.45, 2.75) is 20.3 Å². The summed E-state index contributed by atoms with van der Waals surface area (Å²) in [6.45, 7) is 4.64. The van der Waals surface area contributed by atoms with Gasteiger partial charge in [0.05, 0.1) is 17.7 Å². The number of ether oxygens (including phenoxy) is 1. The predicted molar refractivity (Wildman–Crippen MR) is 76.5 cm³/mol. The molecule has 0 saturated carbocycles. The van der Waals surface area contributed by atoms with E-state index in [1.165, 1.54) is 0 Å². The molecule has 2 aromatic rings. The molecule has 0 amide bonds. The van der Waals surface area contributed by atoms with Crippen LogP contribution in [-0.4, -0.2) is 17.6 Å². The average Bonchev–Trinajstić information content (AvgIpc) is 2.37. The Hall–Kier alpha value is -1.61. The summed E-state index contributed by atoms with van der Waals surface area (Å²) in [5.41, 5.74) is 1.31. The lowest BCUT2D eigenvalue weighted by Crippen LogP contribution is -2.08. The van der Waals surface area contributed by atoms with E-state index in [0.717, 1.165) is 17.3 Å². The molecule has 1 aromatic heterocycles. The smallest absolute Gasteiger partial charge is 0.338 e. The number of fused-ring (bicyclic) bond motifs is 1. The maximum atomic E-state index is 11.9. The van der Waals surface area contributed by atoms with Crippen molar-refractivity contribution in [3.05, 3.63) is 41.0 Å². The number of rotatable bonds is 4. The van der Waals surface area contributed by atoms with Gasteiger partial charge in [0.15, 0.2) is 0 Å². The molecule has 0 aliphatic carbocycles. The summed E-state index contributed by atoms with van der Waals surface area (Å²) in [5.74, 6) is 0.230. The summed E-state index contributed by atoms with van der Waals surface area (Å²) in [4.78, 5) is 16.0. The zero-order chi connectivity index (χ0) is 13.8. The summed E-state index contributed by atoms with van der Waals surface area (Å²) >= 11 is 5.82. The highest BCUT2D eigenvalue weighted by Gasteiger charge is 2.08. The monoisotopic (exact) mass is 277 g/mol. The molecule has 0 aliphatic heterocycles.